The number of likely N-dealkylation sites (tertiary alicyclic amines) is 1. The van der Waals surface area contributed by atoms with Crippen molar-refractivity contribution < 1.29 is 23.8 Å². The summed E-state index contributed by atoms with van der Waals surface area (Å²) >= 11 is 0. The lowest BCUT2D eigenvalue weighted by Crippen LogP contribution is -2.38. The lowest BCUT2D eigenvalue weighted by atomic mass is 10.1. The molecule has 7 heteroatoms. The van der Waals surface area contributed by atoms with E-state index in [1.165, 1.54) is 6.42 Å². The van der Waals surface area contributed by atoms with Gasteiger partial charge in [-0.25, -0.2) is 0 Å². The summed E-state index contributed by atoms with van der Waals surface area (Å²) in [4.78, 5) is 26.9. The van der Waals surface area contributed by atoms with Gasteiger partial charge >= 0.3 is 0 Å². The van der Waals surface area contributed by atoms with Crippen molar-refractivity contribution in [1.29, 1.82) is 0 Å². The molecule has 32 heavy (non-hydrogen) atoms. The molecule has 7 nitrogen and oxygen atoms in total. The van der Waals surface area contributed by atoms with Crippen LogP contribution in [-0.2, 0) is 11.3 Å². The van der Waals surface area contributed by atoms with E-state index in [9.17, 15) is 9.59 Å². The monoisotopic (exact) mass is 440 g/mol. The van der Waals surface area contributed by atoms with Crippen molar-refractivity contribution in [2.75, 3.05) is 32.9 Å². The van der Waals surface area contributed by atoms with Gasteiger partial charge in [0.25, 0.3) is 11.8 Å². The first-order chi connectivity index (χ1) is 15.6. The van der Waals surface area contributed by atoms with Crippen LogP contribution < -0.4 is 19.5 Å². The molecule has 1 aliphatic heterocycles. The molecule has 2 aromatic carbocycles. The van der Waals surface area contributed by atoms with Crippen LogP contribution in [0.4, 0.5) is 0 Å². The van der Waals surface area contributed by atoms with Crippen molar-refractivity contribution in [1.82, 2.24) is 10.2 Å². The van der Waals surface area contributed by atoms with Crippen LogP contribution in [0.5, 0.6) is 17.2 Å². The molecule has 1 fully saturated rings. The van der Waals surface area contributed by atoms with Crippen LogP contribution in [0.2, 0.25) is 0 Å². The Balaban J connectivity index is 1.60. The number of carbonyl (C=O) groups is 2. The normalized spacial score (nSPS) is 13.4. The first kappa shape index (κ1) is 23.4. The third-order valence-corrected chi connectivity index (χ3v) is 5.23. The molecule has 3 rings (SSSR count). The number of hydrogen-bond acceptors (Lipinski definition) is 5. The Kier molecular flexibility index (Phi) is 8.78. The Morgan fingerprint density at radius 1 is 0.906 bits per heavy atom. The maximum Gasteiger partial charge on any atom is 0.260 e. The Morgan fingerprint density at radius 2 is 1.69 bits per heavy atom. The summed E-state index contributed by atoms with van der Waals surface area (Å²) in [5.74, 6) is 1.44. The fourth-order valence-corrected chi connectivity index (χ4v) is 3.61. The third kappa shape index (κ3) is 6.64. The zero-order valence-electron chi connectivity index (χ0n) is 18.9. The Labute approximate surface area is 189 Å². The van der Waals surface area contributed by atoms with Crippen LogP contribution in [0.15, 0.2) is 42.5 Å². The van der Waals surface area contributed by atoms with E-state index in [0.717, 1.165) is 37.2 Å². The molecule has 0 aliphatic carbocycles. The number of rotatable bonds is 10. The molecule has 2 aromatic rings. The van der Waals surface area contributed by atoms with Gasteiger partial charge in [0.2, 0.25) is 0 Å². The number of amides is 2. The van der Waals surface area contributed by atoms with E-state index in [1.54, 1.807) is 18.2 Å². The van der Waals surface area contributed by atoms with Gasteiger partial charge in [-0.15, -0.1) is 0 Å². The molecule has 172 valence electrons. The number of hydrogen-bond donors (Lipinski definition) is 1. The number of ether oxygens (including phenoxy) is 3. The van der Waals surface area contributed by atoms with E-state index in [2.05, 4.69) is 5.32 Å². The zero-order chi connectivity index (χ0) is 22.8. The van der Waals surface area contributed by atoms with Crippen molar-refractivity contribution in [3.05, 3.63) is 53.6 Å². The molecule has 0 saturated carbocycles. The zero-order valence-corrected chi connectivity index (χ0v) is 18.9. The minimum absolute atomic E-state index is 0.0248. The first-order valence-electron chi connectivity index (χ1n) is 11.3. The van der Waals surface area contributed by atoms with E-state index in [1.807, 2.05) is 43.0 Å². The molecule has 0 radical (unpaired) electrons. The van der Waals surface area contributed by atoms with Gasteiger partial charge in [-0.1, -0.05) is 12.1 Å². The van der Waals surface area contributed by atoms with E-state index in [-0.39, 0.29) is 18.4 Å². The predicted molar refractivity (Wildman–Crippen MR) is 122 cm³/mol. The molecule has 0 atom stereocenters. The lowest BCUT2D eigenvalue weighted by molar-refractivity contribution is -0.134. The highest BCUT2D eigenvalue weighted by atomic mass is 16.5. The van der Waals surface area contributed by atoms with Crippen LogP contribution in [0, 0.1) is 0 Å². The van der Waals surface area contributed by atoms with Gasteiger partial charge < -0.3 is 24.4 Å². The predicted octanol–water partition coefficient (Wildman–Crippen LogP) is 3.81. The van der Waals surface area contributed by atoms with Crippen molar-refractivity contribution >= 4 is 11.8 Å². The largest absolute Gasteiger partial charge is 0.494 e. The molecule has 0 aromatic heterocycles. The third-order valence-electron chi connectivity index (χ3n) is 5.23. The summed E-state index contributed by atoms with van der Waals surface area (Å²) in [6, 6.07) is 12.6. The summed E-state index contributed by atoms with van der Waals surface area (Å²) in [5, 5.41) is 2.91. The molecule has 1 heterocycles. The van der Waals surface area contributed by atoms with Crippen LogP contribution in [0.3, 0.4) is 0 Å². The molecule has 1 N–H and O–H groups in total. The average molecular weight is 441 g/mol. The van der Waals surface area contributed by atoms with Gasteiger partial charge in [-0.05, 0) is 69.0 Å². The van der Waals surface area contributed by atoms with Crippen molar-refractivity contribution in [3.63, 3.8) is 0 Å². The molecular weight excluding hydrogens is 408 g/mol. The van der Waals surface area contributed by atoms with Crippen molar-refractivity contribution in [3.8, 4) is 17.2 Å². The maximum absolute atomic E-state index is 12.7. The number of nitrogens with zero attached hydrogens (tertiary/aromatic N) is 1. The highest BCUT2D eigenvalue weighted by Crippen LogP contribution is 2.29. The second-order valence-corrected chi connectivity index (χ2v) is 7.59. The van der Waals surface area contributed by atoms with Crippen molar-refractivity contribution in [2.24, 2.45) is 0 Å². The summed E-state index contributed by atoms with van der Waals surface area (Å²) in [6.07, 6.45) is 3.24. The molecule has 2 amide bonds. The fourth-order valence-electron chi connectivity index (χ4n) is 3.61. The lowest BCUT2D eigenvalue weighted by Gasteiger charge is -2.26. The Bertz CT molecular complexity index is 909. The second-order valence-electron chi connectivity index (χ2n) is 7.59. The van der Waals surface area contributed by atoms with Gasteiger partial charge in [-0.2, -0.15) is 0 Å². The molecule has 0 unspecified atom stereocenters. The summed E-state index contributed by atoms with van der Waals surface area (Å²) in [6.45, 7) is 6.72. The summed E-state index contributed by atoms with van der Waals surface area (Å²) in [5.41, 5.74) is 1.41. The topological polar surface area (TPSA) is 77.1 Å². The van der Waals surface area contributed by atoms with Crippen LogP contribution >= 0.6 is 0 Å². The maximum atomic E-state index is 12.7. The van der Waals surface area contributed by atoms with Crippen LogP contribution in [0.1, 0.15) is 49.0 Å². The first-order valence-corrected chi connectivity index (χ1v) is 11.3. The van der Waals surface area contributed by atoms with Gasteiger partial charge in [0, 0.05) is 25.2 Å². The standard InChI is InChI=1S/C25H32N2O5/c1-3-30-21-10-8-9-19(15-21)17-26-25(29)20-11-12-22(23(16-20)31-4-2)32-18-24(28)27-13-6-5-7-14-27/h8-12,15-16H,3-7,13-14,17-18H2,1-2H3,(H,26,29). The quantitative estimate of drug-likeness (QED) is 0.608. The van der Waals surface area contributed by atoms with Crippen LogP contribution in [-0.4, -0.2) is 49.6 Å². The van der Waals surface area contributed by atoms with Gasteiger partial charge in [0.15, 0.2) is 18.1 Å². The number of piperidine rings is 1. The van der Waals surface area contributed by atoms with E-state index >= 15 is 0 Å². The minimum Gasteiger partial charge on any atom is -0.494 e. The molecular formula is C25H32N2O5. The van der Waals surface area contributed by atoms with Gasteiger partial charge in [-0.3, -0.25) is 9.59 Å². The average Bonchev–Trinajstić information content (AvgIpc) is 2.82. The van der Waals surface area contributed by atoms with Gasteiger partial charge in [0.1, 0.15) is 5.75 Å². The second kappa shape index (κ2) is 12.0. The Hall–Kier alpha value is -3.22. The molecule has 0 bridgehead atoms. The van der Waals surface area contributed by atoms with E-state index in [4.69, 9.17) is 14.2 Å². The van der Waals surface area contributed by atoms with Gasteiger partial charge in [0.05, 0.1) is 13.2 Å². The highest BCUT2D eigenvalue weighted by Gasteiger charge is 2.18. The summed E-state index contributed by atoms with van der Waals surface area (Å²) < 4.78 is 16.9. The highest BCUT2D eigenvalue weighted by molar-refractivity contribution is 5.94. The number of benzene rings is 2. The van der Waals surface area contributed by atoms with E-state index in [0.29, 0.717) is 36.8 Å². The molecule has 1 aliphatic rings. The molecule has 1 saturated heterocycles. The fraction of sp³-hybridized carbons (Fsp3) is 0.440. The van der Waals surface area contributed by atoms with E-state index < -0.39 is 0 Å². The SMILES string of the molecule is CCOc1cccc(CNC(=O)c2ccc(OCC(=O)N3CCCCC3)c(OCC)c2)c1. The van der Waals surface area contributed by atoms with Crippen LogP contribution in [0.25, 0.3) is 0 Å². The summed E-state index contributed by atoms with van der Waals surface area (Å²) in [7, 11) is 0. The minimum atomic E-state index is -0.219. The number of carbonyl (C=O) groups excluding carboxylic acids is 2. The molecule has 0 spiro atoms. The van der Waals surface area contributed by atoms with Crippen molar-refractivity contribution in [2.45, 2.75) is 39.7 Å². The Morgan fingerprint density at radius 3 is 2.44 bits per heavy atom. The smallest absolute Gasteiger partial charge is 0.260 e. The number of nitrogens with one attached hydrogen (secondary N) is 1.